The van der Waals surface area contributed by atoms with Gasteiger partial charge < -0.3 is 24.5 Å². The molecular formula is C32H46N8O3Si. The van der Waals surface area contributed by atoms with Gasteiger partial charge in [-0.25, -0.2) is 15.0 Å². The molecule has 236 valence electrons. The van der Waals surface area contributed by atoms with Gasteiger partial charge in [0.1, 0.15) is 35.5 Å². The standard InChI is InChI=1S/C32H46N8O3Si/c1-32(2,3)28(31(42)39-11-9-22(16-33)10-12-39)38-30(41)23-19-40(20-43-13-14-44(4,5)6)29-27(23)37-25(18-35-29)24-17-34-26(36-24)15-21-7-8-21/h17-19,21-22,28H,7-15,20H2,1-6H3,(H,34,36)(H,38,41)/t28-/m0/s1. The molecular weight excluding hydrogens is 572 g/mol. The summed E-state index contributed by atoms with van der Waals surface area (Å²) in [6.45, 7) is 14.6. The van der Waals surface area contributed by atoms with Gasteiger partial charge in [0.15, 0.2) is 5.65 Å². The Hall–Kier alpha value is -3.56. The number of carbonyl (C=O) groups is 2. The normalized spacial score (nSPS) is 17.1. The van der Waals surface area contributed by atoms with E-state index in [0.717, 1.165) is 18.3 Å². The second-order valence-electron chi connectivity index (χ2n) is 14.7. The van der Waals surface area contributed by atoms with Crippen molar-refractivity contribution < 1.29 is 14.3 Å². The Kier molecular flexibility index (Phi) is 9.27. The molecule has 2 aliphatic rings. The van der Waals surface area contributed by atoms with Crippen LogP contribution < -0.4 is 5.32 Å². The highest BCUT2D eigenvalue weighted by molar-refractivity contribution is 6.76. The fraction of sp³-hybridized carbons (Fsp3) is 0.625. The Labute approximate surface area is 260 Å². The van der Waals surface area contributed by atoms with Gasteiger partial charge in [0.25, 0.3) is 5.91 Å². The molecule has 1 atom stereocenters. The summed E-state index contributed by atoms with van der Waals surface area (Å²) in [6, 6.07) is 2.58. The smallest absolute Gasteiger partial charge is 0.255 e. The fourth-order valence-corrected chi connectivity index (χ4v) is 6.20. The summed E-state index contributed by atoms with van der Waals surface area (Å²) >= 11 is 0. The Bertz CT molecular complexity index is 1530. The topological polar surface area (TPSA) is 142 Å². The van der Waals surface area contributed by atoms with E-state index in [1.807, 2.05) is 31.5 Å². The van der Waals surface area contributed by atoms with Crippen LogP contribution in [0.5, 0.6) is 0 Å². The molecule has 3 aromatic heterocycles. The average molecular weight is 619 g/mol. The molecule has 12 heteroatoms. The van der Waals surface area contributed by atoms with Crippen LogP contribution in [-0.2, 0) is 22.7 Å². The Morgan fingerprint density at radius 3 is 2.52 bits per heavy atom. The lowest BCUT2D eigenvalue weighted by atomic mass is 9.85. The highest BCUT2D eigenvalue weighted by atomic mass is 28.3. The maximum Gasteiger partial charge on any atom is 0.255 e. The summed E-state index contributed by atoms with van der Waals surface area (Å²) < 4.78 is 7.84. The highest BCUT2D eigenvalue weighted by Crippen LogP contribution is 2.32. The van der Waals surface area contributed by atoms with Crippen LogP contribution in [0.4, 0.5) is 0 Å². The lowest BCUT2D eigenvalue weighted by molar-refractivity contribution is -0.137. The predicted octanol–water partition coefficient (Wildman–Crippen LogP) is 4.99. The average Bonchev–Trinajstić information content (AvgIpc) is 3.54. The number of imidazole rings is 1. The monoisotopic (exact) mass is 618 g/mol. The van der Waals surface area contributed by atoms with E-state index in [1.54, 1.807) is 17.3 Å². The van der Waals surface area contributed by atoms with Gasteiger partial charge in [-0.2, -0.15) is 5.26 Å². The van der Waals surface area contributed by atoms with Gasteiger partial charge in [-0.05, 0) is 43.1 Å². The van der Waals surface area contributed by atoms with E-state index in [2.05, 4.69) is 36.0 Å². The minimum atomic E-state index is -1.27. The Balaban J connectivity index is 1.42. The lowest BCUT2D eigenvalue weighted by Gasteiger charge is -2.37. The molecule has 2 fully saturated rings. The van der Waals surface area contributed by atoms with E-state index in [0.29, 0.717) is 66.6 Å². The summed E-state index contributed by atoms with van der Waals surface area (Å²) in [5.41, 5.74) is 2.03. The van der Waals surface area contributed by atoms with E-state index < -0.39 is 19.5 Å². The number of piperidine rings is 1. The van der Waals surface area contributed by atoms with Crippen molar-refractivity contribution in [1.29, 1.82) is 5.26 Å². The van der Waals surface area contributed by atoms with Gasteiger partial charge >= 0.3 is 0 Å². The number of aromatic amines is 1. The number of nitrogens with one attached hydrogen (secondary N) is 2. The van der Waals surface area contributed by atoms with Crippen LogP contribution in [0.1, 0.15) is 62.6 Å². The molecule has 2 N–H and O–H groups in total. The van der Waals surface area contributed by atoms with Gasteiger partial charge in [0.05, 0.1) is 17.8 Å². The third kappa shape index (κ3) is 7.74. The van der Waals surface area contributed by atoms with Crippen molar-refractivity contribution in [3.63, 3.8) is 0 Å². The molecule has 11 nitrogen and oxygen atoms in total. The third-order valence-corrected chi connectivity index (χ3v) is 10.2. The summed E-state index contributed by atoms with van der Waals surface area (Å²) in [4.78, 5) is 47.1. The molecule has 2 amide bonds. The van der Waals surface area contributed by atoms with Gasteiger partial charge in [0, 0.05) is 52.5 Å². The van der Waals surface area contributed by atoms with E-state index in [9.17, 15) is 14.9 Å². The van der Waals surface area contributed by atoms with Crippen molar-refractivity contribution >= 4 is 31.1 Å². The van der Waals surface area contributed by atoms with E-state index in [1.165, 1.54) is 12.8 Å². The maximum atomic E-state index is 14.0. The third-order valence-electron chi connectivity index (χ3n) is 8.49. The van der Waals surface area contributed by atoms with Crippen LogP contribution in [0.3, 0.4) is 0 Å². The quantitative estimate of drug-likeness (QED) is 0.228. The van der Waals surface area contributed by atoms with Crippen molar-refractivity contribution in [2.24, 2.45) is 17.3 Å². The molecule has 5 rings (SSSR count). The number of hydrogen-bond acceptors (Lipinski definition) is 7. The number of ether oxygens (including phenoxy) is 1. The number of likely N-dealkylation sites (tertiary alicyclic amines) is 1. The maximum absolute atomic E-state index is 14.0. The summed E-state index contributed by atoms with van der Waals surface area (Å²) in [5, 5.41) is 12.3. The fourth-order valence-electron chi connectivity index (χ4n) is 5.44. The van der Waals surface area contributed by atoms with Crippen LogP contribution >= 0.6 is 0 Å². The first-order valence-corrected chi connectivity index (χ1v) is 19.5. The molecule has 0 unspecified atom stereocenters. The van der Waals surface area contributed by atoms with Crippen molar-refractivity contribution in [2.75, 3.05) is 19.7 Å². The first-order chi connectivity index (χ1) is 20.8. The zero-order chi connectivity index (χ0) is 31.6. The van der Waals surface area contributed by atoms with E-state index in [-0.39, 0.29) is 24.5 Å². The number of nitriles is 1. The lowest BCUT2D eigenvalue weighted by Crippen LogP contribution is -2.56. The summed E-state index contributed by atoms with van der Waals surface area (Å²) in [7, 11) is -1.27. The largest absolute Gasteiger partial charge is 0.361 e. The number of fused-ring (bicyclic) bond motifs is 1. The number of rotatable bonds is 11. The van der Waals surface area contributed by atoms with Crippen molar-refractivity contribution in [3.8, 4) is 17.5 Å². The van der Waals surface area contributed by atoms with E-state index >= 15 is 0 Å². The second-order valence-corrected chi connectivity index (χ2v) is 20.3. The molecule has 3 aromatic rings. The summed E-state index contributed by atoms with van der Waals surface area (Å²) in [6.07, 6.45) is 9.95. The van der Waals surface area contributed by atoms with Crippen LogP contribution in [0.25, 0.3) is 22.6 Å². The first kappa shape index (κ1) is 31.8. The molecule has 0 radical (unpaired) electrons. The zero-order valence-electron chi connectivity index (χ0n) is 26.9. The van der Waals surface area contributed by atoms with Gasteiger partial charge in [-0.15, -0.1) is 0 Å². The molecule has 1 aliphatic heterocycles. The molecule has 4 heterocycles. The molecule has 0 bridgehead atoms. The van der Waals surface area contributed by atoms with Crippen molar-refractivity contribution in [2.45, 2.75) is 91.3 Å². The minimum Gasteiger partial charge on any atom is -0.361 e. The number of H-pyrrole nitrogens is 1. The SMILES string of the molecule is CC(C)(C)[C@@H](NC(=O)c1cn(COCC[Si](C)(C)C)c2ncc(-c3c[nH]c(CC4CC4)n3)nc12)C(=O)N1CCC(C#N)CC1. The Morgan fingerprint density at radius 1 is 1.16 bits per heavy atom. The van der Waals surface area contributed by atoms with Crippen molar-refractivity contribution in [3.05, 3.63) is 30.0 Å². The van der Waals surface area contributed by atoms with Gasteiger partial charge in [-0.3, -0.25) is 9.59 Å². The number of amides is 2. The molecule has 44 heavy (non-hydrogen) atoms. The van der Waals surface area contributed by atoms with Crippen molar-refractivity contribution in [1.82, 2.24) is 34.7 Å². The predicted molar refractivity (Wildman–Crippen MR) is 171 cm³/mol. The van der Waals surface area contributed by atoms with E-state index in [4.69, 9.17) is 19.7 Å². The number of hydrogen-bond donors (Lipinski definition) is 2. The highest BCUT2D eigenvalue weighted by Gasteiger charge is 2.38. The first-order valence-electron chi connectivity index (χ1n) is 15.8. The van der Waals surface area contributed by atoms with Gasteiger partial charge in [-0.1, -0.05) is 40.4 Å². The van der Waals surface area contributed by atoms with Crippen LogP contribution in [0.15, 0.2) is 18.6 Å². The minimum absolute atomic E-state index is 0.0344. The second kappa shape index (κ2) is 12.8. The molecule has 1 saturated heterocycles. The molecule has 1 aliphatic carbocycles. The zero-order valence-corrected chi connectivity index (χ0v) is 27.9. The van der Waals surface area contributed by atoms with Gasteiger partial charge in [0.2, 0.25) is 5.91 Å². The van der Waals surface area contributed by atoms with Crippen LogP contribution in [0.2, 0.25) is 25.7 Å². The molecule has 1 saturated carbocycles. The molecule has 0 spiro atoms. The number of carbonyl (C=O) groups excluding carboxylic acids is 2. The Morgan fingerprint density at radius 2 is 1.89 bits per heavy atom. The summed E-state index contributed by atoms with van der Waals surface area (Å²) in [5.74, 6) is 1.07. The van der Waals surface area contributed by atoms with Crippen LogP contribution in [0, 0.1) is 28.6 Å². The number of aromatic nitrogens is 5. The van der Waals surface area contributed by atoms with Crippen LogP contribution in [-0.4, -0.2) is 75.0 Å². The molecule has 0 aromatic carbocycles. The number of nitrogens with zero attached hydrogens (tertiary/aromatic N) is 6.